The van der Waals surface area contributed by atoms with Crippen LogP contribution in [0.4, 0.5) is 5.82 Å². The first-order chi connectivity index (χ1) is 12.8. The molecule has 0 saturated heterocycles. The number of ether oxygens (including phenoxy) is 2. The zero-order valence-corrected chi connectivity index (χ0v) is 15.6. The number of imidazole rings is 1. The highest BCUT2D eigenvalue weighted by Gasteiger charge is 2.28. The molecule has 0 aliphatic carbocycles. The highest BCUT2D eigenvalue weighted by Crippen LogP contribution is 2.26. The Labute approximate surface area is 159 Å². The first-order valence-corrected chi connectivity index (χ1v) is 8.60. The molecule has 2 unspecified atom stereocenters. The van der Waals surface area contributed by atoms with Crippen LogP contribution >= 0.6 is 11.6 Å². The third-order valence-corrected chi connectivity index (χ3v) is 4.03. The van der Waals surface area contributed by atoms with Crippen molar-refractivity contribution in [3.05, 3.63) is 11.6 Å². The van der Waals surface area contributed by atoms with E-state index in [1.807, 2.05) is 0 Å². The van der Waals surface area contributed by atoms with Crippen LogP contribution in [0.25, 0.3) is 11.2 Å². The molecule has 2 heterocycles. The van der Waals surface area contributed by atoms with Gasteiger partial charge in [0.2, 0.25) is 5.28 Å². The molecule has 2 rings (SSSR count). The molecular formula is C15H22ClN5O6. The first kappa shape index (κ1) is 21.3. The summed E-state index contributed by atoms with van der Waals surface area (Å²) in [6, 6.07) is 0. The molecule has 0 aliphatic heterocycles. The number of carbonyl (C=O) groups is 1. The average molecular weight is 404 g/mol. The summed E-state index contributed by atoms with van der Waals surface area (Å²) in [4.78, 5) is 22.9. The quantitative estimate of drug-likeness (QED) is 0.402. The monoisotopic (exact) mass is 403 g/mol. The number of hydrogen-bond donors (Lipinski definition) is 4. The Morgan fingerprint density at radius 1 is 1.44 bits per heavy atom. The number of carboxylic acids is 1. The lowest BCUT2D eigenvalue weighted by molar-refractivity contribution is -0.165. The number of halogens is 1. The lowest BCUT2D eigenvalue weighted by atomic mass is 10.2. The summed E-state index contributed by atoms with van der Waals surface area (Å²) >= 11 is 5.86. The summed E-state index contributed by atoms with van der Waals surface area (Å²) in [7, 11) is 0. The van der Waals surface area contributed by atoms with E-state index in [9.17, 15) is 15.0 Å². The molecule has 2 aromatic rings. The Morgan fingerprint density at radius 2 is 2.15 bits per heavy atom. The lowest BCUT2D eigenvalue weighted by Gasteiger charge is -2.28. The van der Waals surface area contributed by atoms with Gasteiger partial charge in [0.05, 0.1) is 25.6 Å². The largest absolute Gasteiger partial charge is 0.479 e. The second kappa shape index (κ2) is 9.24. The van der Waals surface area contributed by atoms with Crippen molar-refractivity contribution < 1.29 is 29.6 Å². The number of aliphatic hydroxyl groups is 2. The van der Waals surface area contributed by atoms with E-state index in [4.69, 9.17) is 31.9 Å². The Hall–Kier alpha value is -2.05. The van der Waals surface area contributed by atoms with E-state index < -0.39 is 37.1 Å². The molecule has 150 valence electrons. The first-order valence-electron chi connectivity index (χ1n) is 8.22. The fraction of sp³-hybridized carbons (Fsp3) is 0.600. The van der Waals surface area contributed by atoms with Crippen molar-refractivity contribution in [3.8, 4) is 0 Å². The van der Waals surface area contributed by atoms with Crippen LogP contribution in [0.15, 0.2) is 6.33 Å². The number of aromatic nitrogens is 4. The van der Waals surface area contributed by atoms with E-state index in [1.54, 1.807) is 6.92 Å². The van der Waals surface area contributed by atoms with Gasteiger partial charge in [-0.05, 0) is 24.9 Å². The third kappa shape index (κ3) is 5.02. The SMILES string of the molecule is CCC(O)[C@@H](O[C@@H](CO)COC(C)C(=O)O)n1cnc2c(N)nc(Cl)nc21. The Kier molecular flexibility index (Phi) is 7.27. The average Bonchev–Trinajstić information content (AvgIpc) is 3.04. The Bertz CT molecular complexity index is 787. The van der Waals surface area contributed by atoms with Crippen molar-refractivity contribution in [2.24, 2.45) is 0 Å². The molecule has 0 fully saturated rings. The number of fused-ring (bicyclic) bond motifs is 1. The number of aliphatic hydroxyl groups excluding tert-OH is 2. The zero-order chi connectivity index (χ0) is 20.1. The van der Waals surface area contributed by atoms with Gasteiger partial charge >= 0.3 is 5.97 Å². The van der Waals surface area contributed by atoms with Crippen LogP contribution in [0.5, 0.6) is 0 Å². The Balaban J connectivity index is 2.29. The van der Waals surface area contributed by atoms with Crippen LogP contribution in [-0.2, 0) is 14.3 Å². The van der Waals surface area contributed by atoms with Crippen LogP contribution in [-0.4, -0.2) is 72.3 Å². The van der Waals surface area contributed by atoms with E-state index in [0.29, 0.717) is 6.42 Å². The number of rotatable bonds is 10. The van der Waals surface area contributed by atoms with Gasteiger partial charge in [-0.2, -0.15) is 9.97 Å². The second-order valence-electron chi connectivity index (χ2n) is 5.82. The highest BCUT2D eigenvalue weighted by molar-refractivity contribution is 6.28. The molecule has 2 aromatic heterocycles. The lowest BCUT2D eigenvalue weighted by Crippen LogP contribution is -2.35. The minimum absolute atomic E-state index is 0.0748. The molecule has 0 bridgehead atoms. The topological polar surface area (TPSA) is 166 Å². The molecule has 0 saturated carbocycles. The molecule has 27 heavy (non-hydrogen) atoms. The van der Waals surface area contributed by atoms with Crippen molar-refractivity contribution in [2.75, 3.05) is 18.9 Å². The number of carboxylic acid groups (broad SMARTS) is 1. The van der Waals surface area contributed by atoms with Crippen LogP contribution < -0.4 is 5.73 Å². The van der Waals surface area contributed by atoms with Crippen molar-refractivity contribution in [1.82, 2.24) is 19.5 Å². The zero-order valence-electron chi connectivity index (χ0n) is 14.8. The number of anilines is 1. The van der Waals surface area contributed by atoms with Gasteiger partial charge in [0.15, 0.2) is 23.8 Å². The van der Waals surface area contributed by atoms with Gasteiger partial charge in [0.1, 0.15) is 11.6 Å². The van der Waals surface area contributed by atoms with E-state index in [2.05, 4.69) is 15.0 Å². The van der Waals surface area contributed by atoms with Crippen LogP contribution in [0, 0.1) is 0 Å². The summed E-state index contributed by atoms with van der Waals surface area (Å²) in [5, 5.41) is 28.7. The minimum Gasteiger partial charge on any atom is -0.479 e. The molecule has 5 N–H and O–H groups in total. The molecular weight excluding hydrogens is 382 g/mol. The summed E-state index contributed by atoms with van der Waals surface area (Å²) in [6.07, 6.45) is -2.26. The van der Waals surface area contributed by atoms with Crippen molar-refractivity contribution >= 4 is 34.6 Å². The van der Waals surface area contributed by atoms with Crippen LogP contribution in [0.2, 0.25) is 5.28 Å². The van der Waals surface area contributed by atoms with Gasteiger partial charge in [0.25, 0.3) is 0 Å². The normalized spacial score (nSPS) is 16.2. The van der Waals surface area contributed by atoms with Gasteiger partial charge in [-0.3, -0.25) is 4.57 Å². The van der Waals surface area contributed by atoms with Crippen LogP contribution in [0.3, 0.4) is 0 Å². The number of nitrogens with two attached hydrogens (primary N) is 1. The predicted molar refractivity (Wildman–Crippen MR) is 95.1 cm³/mol. The number of aliphatic carboxylic acids is 1. The van der Waals surface area contributed by atoms with Gasteiger partial charge in [0, 0.05) is 0 Å². The third-order valence-electron chi connectivity index (χ3n) is 3.86. The predicted octanol–water partition coefficient (Wildman–Crippen LogP) is 0.199. The Morgan fingerprint density at radius 3 is 2.74 bits per heavy atom. The molecule has 0 spiro atoms. The summed E-state index contributed by atoms with van der Waals surface area (Å²) in [5.74, 6) is -1.06. The van der Waals surface area contributed by atoms with E-state index >= 15 is 0 Å². The molecule has 0 amide bonds. The summed E-state index contributed by atoms with van der Waals surface area (Å²) in [6.45, 7) is 2.46. The fourth-order valence-electron chi connectivity index (χ4n) is 2.30. The molecule has 4 atom stereocenters. The maximum Gasteiger partial charge on any atom is 0.332 e. The molecule has 11 nitrogen and oxygen atoms in total. The van der Waals surface area contributed by atoms with E-state index in [1.165, 1.54) is 17.8 Å². The number of nitrogens with zero attached hydrogens (tertiary/aromatic N) is 4. The maximum absolute atomic E-state index is 10.9. The number of nitrogen functional groups attached to an aromatic ring is 1. The van der Waals surface area contributed by atoms with E-state index in [0.717, 1.165) is 0 Å². The maximum atomic E-state index is 10.9. The number of hydrogen-bond acceptors (Lipinski definition) is 9. The smallest absolute Gasteiger partial charge is 0.332 e. The minimum atomic E-state index is -1.14. The summed E-state index contributed by atoms with van der Waals surface area (Å²) < 4.78 is 12.4. The molecule has 0 aromatic carbocycles. The fourth-order valence-corrected chi connectivity index (χ4v) is 2.47. The second-order valence-corrected chi connectivity index (χ2v) is 6.16. The van der Waals surface area contributed by atoms with Crippen LogP contribution in [0.1, 0.15) is 26.5 Å². The van der Waals surface area contributed by atoms with Gasteiger partial charge in [-0.15, -0.1) is 0 Å². The van der Waals surface area contributed by atoms with Gasteiger partial charge in [-0.1, -0.05) is 6.92 Å². The standard InChI is InChI=1S/C15H22ClN5O6/c1-3-9(23)13(27-8(4-22)5-26-7(2)14(24)25)21-6-18-10-11(17)19-15(16)20-12(10)21/h6-9,13,22-23H,3-5H2,1-2H3,(H,24,25)(H2,17,19,20)/t7?,8-,9?,13+/m0/s1. The molecule has 12 heteroatoms. The summed E-state index contributed by atoms with van der Waals surface area (Å²) in [5.41, 5.74) is 6.32. The molecule has 0 aliphatic rings. The highest BCUT2D eigenvalue weighted by atomic mass is 35.5. The van der Waals surface area contributed by atoms with E-state index in [-0.39, 0.29) is 28.9 Å². The van der Waals surface area contributed by atoms with Gasteiger partial charge < -0.3 is 30.5 Å². The van der Waals surface area contributed by atoms with Gasteiger partial charge in [-0.25, -0.2) is 9.78 Å². The molecule has 0 radical (unpaired) electrons. The van der Waals surface area contributed by atoms with Crippen molar-refractivity contribution in [2.45, 2.75) is 44.8 Å². The van der Waals surface area contributed by atoms with Crippen molar-refractivity contribution in [3.63, 3.8) is 0 Å². The van der Waals surface area contributed by atoms with Crippen molar-refractivity contribution in [1.29, 1.82) is 0 Å².